The first-order valence-electron chi connectivity index (χ1n) is 7.59. The zero-order chi connectivity index (χ0) is 16.8. The van der Waals surface area contributed by atoms with Gasteiger partial charge in [0.15, 0.2) is 6.10 Å². The van der Waals surface area contributed by atoms with Crippen LogP contribution in [0.3, 0.4) is 0 Å². The van der Waals surface area contributed by atoms with Gasteiger partial charge in [0.25, 0.3) is 0 Å². The summed E-state index contributed by atoms with van der Waals surface area (Å²) < 4.78 is 5.54. The number of hydrogen-bond donors (Lipinski definition) is 0. The summed E-state index contributed by atoms with van der Waals surface area (Å²) in [6.07, 6.45) is -0.769. The first kappa shape index (κ1) is 16.1. The molecule has 0 spiro atoms. The standard InChI is InChI=1S/C20H16O3S/c21-18(13-15-11-12-24-14-15)23-20(17-9-5-2-6-10-17)19(22)16-7-3-1-4-8-16/h1-12,14,20H,13H2/t20-/m0/s1. The lowest BCUT2D eigenvalue weighted by Gasteiger charge is -2.17. The van der Waals surface area contributed by atoms with Gasteiger partial charge in [-0.2, -0.15) is 11.3 Å². The lowest BCUT2D eigenvalue weighted by molar-refractivity contribution is -0.146. The van der Waals surface area contributed by atoms with Crippen molar-refractivity contribution in [3.8, 4) is 0 Å². The molecule has 24 heavy (non-hydrogen) atoms. The lowest BCUT2D eigenvalue weighted by Crippen LogP contribution is -2.21. The zero-order valence-electron chi connectivity index (χ0n) is 12.9. The fourth-order valence-electron chi connectivity index (χ4n) is 2.39. The molecule has 3 nitrogen and oxygen atoms in total. The van der Waals surface area contributed by atoms with Crippen molar-refractivity contribution in [2.45, 2.75) is 12.5 Å². The Labute approximate surface area is 144 Å². The smallest absolute Gasteiger partial charge is 0.311 e. The fraction of sp³-hybridized carbons (Fsp3) is 0.100. The monoisotopic (exact) mass is 336 g/mol. The largest absolute Gasteiger partial charge is 0.449 e. The number of hydrogen-bond acceptors (Lipinski definition) is 4. The van der Waals surface area contributed by atoms with E-state index >= 15 is 0 Å². The number of rotatable bonds is 6. The molecule has 3 rings (SSSR count). The van der Waals surface area contributed by atoms with Crippen molar-refractivity contribution in [1.29, 1.82) is 0 Å². The predicted molar refractivity (Wildman–Crippen MR) is 94.1 cm³/mol. The van der Waals surface area contributed by atoms with Crippen LogP contribution < -0.4 is 0 Å². The van der Waals surface area contributed by atoms with Crippen LogP contribution >= 0.6 is 11.3 Å². The molecule has 0 aliphatic heterocycles. The molecule has 3 aromatic rings. The van der Waals surface area contributed by atoms with Gasteiger partial charge in [0.1, 0.15) is 0 Å². The minimum atomic E-state index is -0.931. The summed E-state index contributed by atoms with van der Waals surface area (Å²) in [6.45, 7) is 0. The van der Waals surface area contributed by atoms with E-state index in [1.54, 1.807) is 36.4 Å². The average Bonchev–Trinajstić information content (AvgIpc) is 3.13. The van der Waals surface area contributed by atoms with Gasteiger partial charge in [-0.15, -0.1) is 0 Å². The molecule has 1 aromatic heterocycles. The van der Waals surface area contributed by atoms with Crippen molar-refractivity contribution >= 4 is 23.1 Å². The van der Waals surface area contributed by atoms with Crippen LogP contribution in [-0.2, 0) is 16.0 Å². The Morgan fingerprint density at radius 1 is 0.917 bits per heavy atom. The highest BCUT2D eigenvalue weighted by Gasteiger charge is 2.26. The number of ketones is 1. The van der Waals surface area contributed by atoms with Crippen LogP contribution in [-0.4, -0.2) is 11.8 Å². The molecule has 4 heteroatoms. The minimum absolute atomic E-state index is 0.162. The van der Waals surface area contributed by atoms with Gasteiger partial charge in [0, 0.05) is 11.1 Å². The number of carbonyl (C=O) groups is 2. The van der Waals surface area contributed by atoms with E-state index < -0.39 is 12.1 Å². The van der Waals surface area contributed by atoms with E-state index in [1.807, 2.05) is 41.1 Å². The SMILES string of the molecule is O=C(Cc1ccsc1)O[C@H](C(=O)c1ccccc1)c1ccccc1. The molecule has 1 heterocycles. The number of carbonyl (C=O) groups excluding carboxylic acids is 2. The van der Waals surface area contributed by atoms with Gasteiger partial charge in [-0.25, -0.2) is 0 Å². The highest BCUT2D eigenvalue weighted by molar-refractivity contribution is 7.07. The fourth-order valence-corrected chi connectivity index (χ4v) is 3.06. The second-order valence-electron chi connectivity index (χ2n) is 5.32. The first-order chi connectivity index (χ1) is 11.7. The normalized spacial score (nSPS) is 11.7. The van der Waals surface area contributed by atoms with Gasteiger partial charge < -0.3 is 4.74 Å². The number of thiophene rings is 1. The third-order valence-electron chi connectivity index (χ3n) is 3.58. The summed E-state index contributed by atoms with van der Waals surface area (Å²) >= 11 is 1.53. The number of ether oxygens (including phenoxy) is 1. The molecule has 1 atom stereocenters. The molecule has 0 aliphatic carbocycles. The van der Waals surface area contributed by atoms with Crippen LogP contribution in [0.4, 0.5) is 0 Å². The molecule has 0 bridgehead atoms. The van der Waals surface area contributed by atoms with Gasteiger partial charge in [0.2, 0.25) is 5.78 Å². The molecule has 2 aromatic carbocycles. The van der Waals surface area contributed by atoms with Crippen molar-refractivity contribution < 1.29 is 14.3 Å². The van der Waals surface area contributed by atoms with Crippen LogP contribution in [0.25, 0.3) is 0 Å². The third-order valence-corrected chi connectivity index (χ3v) is 4.31. The molecule has 0 aliphatic rings. The Morgan fingerprint density at radius 2 is 1.58 bits per heavy atom. The van der Waals surface area contributed by atoms with Crippen LogP contribution in [0.1, 0.15) is 27.6 Å². The van der Waals surface area contributed by atoms with E-state index in [0.717, 1.165) is 5.56 Å². The average molecular weight is 336 g/mol. The van der Waals surface area contributed by atoms with E-state index in [-0.39, 0.29) is 12.2 Å². The highest BCUT2D eigenvalue weighted by atomic mass is 32.1. The van der Waals surface area contributed by atoms with Gasteiger partial charge in [-0.3, -0.25) is 9.59 Å². The Kier molecular flexibility index (Phi) is 5.18. The zero-order valence-corrected chi connectivity index (χ0v) is 13.7. The molecule has 0 N–H and O–H groups in total. The summed E-state index contributed by atoms with van der Waals surface area (Å²) in [6, 6.07) is 19.9. The van der Waals surface area contributed by atoms with Crippen molar-refractivity contribution in [2.24, 2.45) is 0 Å². The van der Waals surface area contributed by atoms with Gasteiger partial charge >= 0.3 is 5.97 Å². The second kappa shape index (κ2) is 7.70. The van der Waals surface area contributed by atoms with Crippen LogP contribution in [0.2, 0.25) is 0 Å². The van der Waals surface area contributed by atoms with Crippen molar-refractivity contribution in [1.82, 2.24) is 0 Å². The summed E-state index contributed by atoms with van der Waals surface area (Å²) in [5.41, 5.74) is 2.09. The van der Waals surface area contributed by atoms with Crippen molar-refractivity contribution in [3.63, 3.8) is 0 Å². The van der Waals surface area contributed by atoms with Gasteiger partial charge in [0.05, 0.1) is 6.42 Å². The number of benzene rings is 2. The topological polar surface area (TPSA) is 43.4 Å². The minimum Gasteiger partial charge on any atom is -0.449 e. The maximum Gasteiger partial charge on any atom is 0.311 e. The van der Waals surface area contributed by atoms with E-state index in [0.29, 0.717) is 11.1 Å². The third kappa shape index (κ3) is 3.97. The van der Waals surface area contributed by atoms with Crippen LogP contribution in [0.15, 0.2) is 77.5 Å². The molecule has 0 amide bonds. The van der Waals surface area contributed by atoms with Gasteiger partial charge in [-0.1, -0.05) is 60.7 Å². The predicted octanol–water partition coefficient (Wildman–Crippen LogP) is 4.46. The van der Waals surface area contributed by atoms with E-state index in [2.05, 4.69) is 0 Å². The Hall–Kier alpha value is -2.72. The number of esters is 1. The first-order valence-corrected chi connectivity index (χ1v) is 8.53. The number of Topliss-reactive ketones (excluding diaryl/α,β-unsaturated/α-hetero) is 1. The molecular formula is C20H16O3S. The summed E-state index contributed by atoms with van der Waals surface area (Å²) in [4.78, 5) is 25.1. The van der Waals surface area contributed by atoms with Crippen molar-refractivity contribution in [3.05, 3.63) is 94.2 Å². The lowest BCUT2D eigenvalue weighted by atomic mass is 10.00. The Morgan fingerprint density at radius 3 is 2.21 bits per heavy atom. The molecule has 0 fully saturated rings. The molecule has 0 saturated carbocycles. The van der Waals surface area contributed by atoms with Crippen LogP contribution in [0, 0.1) is 0 Å². The maximum absolute atomic E-state index is 12.8. The molecule has 120 valence electrons. The molecule has 0 unspecified atom stereocenters. The highest BCUT2D eigenvalue weighted by Crippen LogP contribution is 2.23. The summed E-state index contributed by atoms with van der Waals surface area (Å²) in [7, 11) is 0. The van der Waals surface area contributed by atoms with E-state index in [4.69, 9.17) is 4.74 Å². The quantitative estimate of drug-likeness (QED) is 0.493. The summed E-state index contributed by atoms with van der Waals surface area (Å²) in [5, 5.41) is 3.81. The van der Waals surface area contributed by atoms with Crippen molar-refractivity contribution in [2.75, 3.05) is 0 Å². The molecular weight excluding hydrogens is 320 g/mol. The molecule has 0 saturated heterocycles. The second-order valence-corrected chi connectivity index (χ2v) is 6.10. The van der Waals surface area contributed by atoms with E-state index in [9.17, 15) is 9.59 Å². The molecule has 0 radical (unpaired) electrons. The van der Waals surface area contributed by atoms with Crippen LogP contribution in [0.5, 0.6) is 0 Å². The van der Waals surface area contributed by atoms with E-state index in [1.165, 1.54) is 11.3 Å². The van der Waals surface area contributed by atoms with Gasteiger partial charge in [-0.05, 0) is 22.4 Å². The maximum atomic E-state index is 12.8. The summed E-state index contributed by atoms with van der Waals surface area (Å²) in [5.74, 6) is -0.632. The Bertz CT molecular complexity index is 795. The Balaban J connectivity index is 1.82.